The summed E-state index contributed by atoms with van der Waals surface area (Å²) in [5.74, 6) is -3.06. The molecule has 0 bridgehead atoms. The van der Waals surface area contributed by atoms with Crippen LogP contribution in [0.15, 0.2) is 30.3 Å². The molecule has 7 nitrogen and oxygen atoms in total. The Labute approximate surface area is 185 Å². The maximum atomic E-state index is 12.9. The lowest BCUT2D eigenvalue weighted by molar-refractivity contribution is -0.152. The van der Waals surface area contributed by atoms with Gasteiger partial charge >= 0.3 is 11.9 Å². The monoisotopic (exact) mass is 435 g/mol. The van der Waals surface area contributed by atoms with E-state index >= 15 is 0 Å². The molecule has 3 N–H and O–H groups in total. The van der Waals surface area contributed by atoms with Gasteiger partial charge in [-0.15, -0.1) is 0 Å². The molecule has 7 heteroatoms. The Morgan fingerprint density at radius 2 is 1.61 bits per heavy atom. The standard InChI is InChI=1S/C24H37NO6/c1-3-4-5-6-7-8-12-15-19(17-21(26)27)23(29)25-20(22(28)24(30)31-2)16-18-13-10-9-11-14-18/h9-11,13-14,19-20,22,28H,3-8,12,15-17H2,1-2H3,(H,25,29)(H,26,27)/t19-,20+,22-/m1/s1. The molecule has 0 radical (unpaired) electrons. The average Bonchev–Trinajstić information content (AvgIpc) is 2.76. The lowest BCUT2D eigenvalue weighted by Crippen LogP contribution is -2.50. The lowest BCUT2D eigenvalue weighted by Gasteiger charge is -2.25. The third-order valence-electron chi connectivity index (χ3n) is 5.40. The number of aliphatic hydroxyl groups is 1. The summed E-state index contributed by atoms with van der Waals surface area (Å²) in [6.07, 6.45) is 6.38. The van der Waals surface area contributed by atoms with Crippen molar-refractivity contribution in [3.63, 3.8) is 0 Å². The molecule has 31 heavy (non-hydrogen) atoms. The Kier molecular flexibility index (Phi) is 13.2. The number of carbonyl (C=O) groups excluding carboxylic acids is 2. The Morgan fingerprint density at radius 3 is 2.19 bits per heavy atom. The summed E-state index contributed by atoms with van der Waals surface area (Å²) in [7, 11) is 1.17. The first kappa shape index (κ1) is 26.6. The van der Waals surface area contributed by atoms with Crippen molar-refractivity contribution < 1.29 is 29.3 Å². The molecular weight excluding hydrogens is 398 g/mol. The second-order valence-corrected chi connectivity index (χ2v) is 7.98. The van der Waals surface area contributed by atoms with Crippen LogP contribution < -0.4 is 5.32 Å². The van der Waals surface area contributed by atoms with Gasteiger partial charge in [0.25, 0.3) is 0 Å². The largest absolute Gasteiger partial charge is 0.481 e. The Hall–Kier alpha value is -2.41. The van der Waals surface area contributed by atoms with Crippen LogP contribution in [0.2, 0.25) is 0 Å². The Morgan fingerprint density at radius 1 is 1.00 bits per heavy atom. The number of benzene rings is 1. The van der Waals surface area contributed by atoms with Crippen molar-refractivity contribution in [2.75, 3.05) is 7.11 Å². The number of rotatable bonds is 16. The Balaban J connectivity index is 2.74. The number of hydrogen-bond donors (Lipinski definition) is 3. The lowest BCUT2D eigenvalue weighted by atomic mass is 9.94. The molecule has 0 fully saturated rings. The van der Waals surface area contributed by atoms with Crippen molar-refractivity contribution in [3.05, 3.63) is 35.9 Å². The highest BCUT2D eigenvalue weighted by Crippen LogP contribution is 2.17. The number of nitrogens with one attached hydrogen (secondary N) is 1. The number of hydrogen-bond acceptors (Lipinski definition) is 5. The van der Waals surface area contributed by atoms with Gasteiger partial charge in [0.2, 0.25) is 5.91 Å². The summed E-state index contributed by atoms with van der Waals surface area (Å²) in [6.45, 7) is 2.16. The van der Waals surface area contributed by atoms with Crippen molar-refractivity contribution in [2.45, 2.75) is 83.3 Å². The van der Waals surface area contributed by atoms with Crippen molar-refractivity contribution in [1.29, 1.82) is 0 Å². The fraction of sp³-hybridized carbons (Fsp3) is 0.625. The smallest absolute Gasteiger partial charge is 0.336 e. The van der Waals surface area contributed by atoms with E-state index in [1.807, 2.05) is 30.3 Å². The number of aliphatic carboxylic acids is 1. The van der Waals surface area contributed by atoms with Crippen LogP contribution in [0.25, 0.3) is 0 Å². The van der Waals surface area contributed by atoms with Gasteiger partial charge in [-0.25, -0.2) is 4.79 Å². The maximum Gasteiger partial charge on any atom is 0.336 e. The first-order valence-electron chi connectivity index (χ1n) is 11.2. The molecule has 0 saturated heterocycles. The van der Waals surface area contributed by atoms with E-state index in [2.05, 4.69) is 17.0 Å². The van der Waals surface area contributed by atoms with E-state index in [-0.39, 0.29) is 12.8 Å². The molecule has 0 unspecified atom stereocenters. The maximum absolute atomic E-state index is 12.9. The van der Waals surface area contributed by atoms with Crippen LogP contribution >= 0.6 is 0 Å². The Bertz CT molecular complexity index is 663. The molecule has 1 amide bonds. The quantitative estimate of drug-likeness (QED) is 0.271. The third-order valence-corrected chi connectivity index (χ3v) is 5.40. The van der Waals surface area contributed by atoms with Crippen LogP contribution in [-0.4, -0.2) is 47.3 Å². The summed E-state index contributed by atoms with van der Waals surface area (Å²) in [5.41, 5.74) is 0.831. The van der Waals surface area contributed by atoms with Gasteiger partial charge < -0.3 is 20.3 Å². The van der Waals surface area contributed by atoms with Gasteiger partial charge in [0, 0.05) is 5.92 Å². The highest BCUT2D eigenvalue weighted by Gasteiger charge is 2.31. The minimum atomic E-state index is -1.54. The van der Waals surface area contributed by atoms with Gasteiger partial charge in [-0.1, -0.05) is 82.2 Å². The molecule has 0 heterocycles. The number of carboxylic acids is 1. The van der Waals surface area contributed by atoms with Gasteiger partial charge in [0.05, 0.1) is 19.6 Å². The van der Waals surface area contributed by atoms with Crippen LogP contribution in [-0.2, 0) is 25.5 Å². The van der Waals surface area contributed by atoms with Gasteiger partial charge in [-0.2, -0.15) is 0 Å². The second-order valence-electron chi connectivity index (χ2n) is 7.98. The van der Waals surface area contributed by atoms with E-state index in [0.29, 0.717) is 6.42 Å². The van der Waals surface area contributed by atoms with Gasteiger partial charge in [0.15, 0.2) is 6.10 Å². The van der Waals surface area contributed by atoms with E-state index in [4.69, 9.17) is 0 Å². The number of unbranched alkanes of at least 4 members (excludes halogenated alkanes) is 6. The van der Waals surface area contributed by atoms with E-state index in [1.54, 1.807) is 0 Å². The predicted octanol–water partition coefficient (Wildman–Crippen LogP) is 3.48. The molecule has 0 saturated carbocycles. The van der Waals surface area contributed by atoms with Gasteiger partial charge in [-0.3, -0.25) is 9.59 Å². The zero-order valence-electron chi connectivity index (χ0n) is 18.7. The van der Waals surface area contributed by atoms with Gasteiger partial charge in [-0.05, 0) is 18.4 Å². The van der Waals surface area contributed by atoms with E-state index in [0.717, 1.165) is 31.2 Å². The number of aliphatic hydroxyl groups excluding tert-OH is 1. The molecule has 3 atom stereocenters. The summed E-state index contributed by atoms with van der Waals surface area (Å²) in [4.78, 5) is 36.0. The molecule has 0 aliphatic rings. The zero-order chi connectivity index (χ0) is 23.1. The number of methoxy groups -OCH3 is 1. The highest BCUT2D eigenvalue weighted by atomic mass is 16.5. The van der Waals surface area contributed by atoms with E-state index in [9.17, 15) is 24.6 Å². The highest BCUT2D eigenvalue weighted by molar-refractivity contribution is 5.84. The van der Waals surface area contributed by atoms with Crippen LogP contribution in [0.1, 0.15) is 70.3 Å². The van der Waals surface area contributed by atoms with Gasteiger partial charge in [0.1, 0.15) is 0 Å². The minimum Gasteiger partial charge on any atom is -0.481 e. The molecular formula is C24H37NO6. The minimum absolute atomic E-state index is 0.222. The first-order chi connectivity index (χ1) is 14.9. The summed E-state index contributed by atoms with van der Waals surface area (Å²) in [5, 5.41) is 22.3. The molecule has 0 aromatic heterocycles. The summed E-state index contributed by atoms with van der Waals surface area (Å²) >= 11 is 0. The van der Waals surface area contributed by atoms with E-state index in [1.165, 1.54) is 26.4 Å². The van der Waals surface area contributed by atoms with Crippen molar-refractivity contribution in [1.82, 2.24) is 5.32 Å². The zero-order valence-corrected chi connectivity index (χ0v) is 18.7. The fourth-order valence-electron chi connectivity index (χ4n) is 3.58. The van der Waals surface area contributed by atoms with Crippen LogP contribution in [0.3, 0.4) is 0 Å². The molecule has 1 aromatic rings. The third kappa shape index (κ3) is 11.0. The molecule has 1 rings (SSSR count). The first-order valence-corrected chi connectivity index (χ1v) is 11.2. The van der Waals surface area contributed by atoms with Crippen LogP contribution in [0.4, 0.5) is 0 Å². The second kappa shape index (κ2) is 15.4. The van der Waals surface area contributed by atoms with Crippen molar-refractivity contribution >= 4 is 17.8 Å². The molecule has 0 spiro atoms. The predicted molar refractivity (Wildman–Crippen MR) is 118 cm³/mol. The number of amides is 1. The topological polar surface area (TPSA) is 113 Å². The average molecular weight is 436 g/mol. The molecule has 1 aromatic carbocycles. The number of ether oxygens (including phenoxy) is 1. The van der Waals surface area contributed by atoms with E-state index < -0.39 is 35.9 Å². The normalized spacial score (nSPS) is 13.8. The molecule has 0 aliphatic carbocycles. The van der Waals surface area contributed by atoms with Crippen molar-refractivity contribution in [2.24, 2.45) is 5.92 Å². The molecule has 174 valence electrons. The fourth-order valence-corrected chi connectivity index (χ4v) is 3.58. The number of carbonyl (C=O) groups is 3. The summed E-state index contributed by atoms with van der Waals surface area (Å²) in [6, 6.07) is 8.25. The molecule has 0 aliphatic heterocycles. The number of carboxylic acid groups (broad SMARTS) is 1. The SMILES string of the molecule is CCCCCCCCC[C@H](CC(=O)O)C(=O)N[C@@H](Cc1ccccc1)[C@@H](O)C(=O)OC. The number of esters is 1. The van der Waals surface area contributed by atoms with Crippen LogP contribution in [0, 0.1) is 5.92 Å². The van der Waals surface area contributed by atoms with Crippen molar-refractivity contribution in [3.8, 4) is 0 Å². The van der Waals surface area contributed by atoms with Crippen LogP contribution in [0.5, 0.6) is 0 Å². The summed E-state index contributed by atoms with van der Waals surface area (Å²) < 4.78 is 4.62.